The topological polar surface area (TPSA) is 110 Å². The minimum atomic E-state index is -1.09. The maximum absolute atomic E-state index is 12.0. The van der Waals surface area contributed by atoms with Gasteiger partial charge in [0.25, 0.3) is 0 Å². The van der Waals surface area contributed by atoms with Crippen LogP contribution < -0.4 is 5.32 Å². The Morgan fingerprint density at radius 2 is 1.68 bits per heavy atom. The molecule has 1 aliphatic heterocycles. The summed E-state index contributed by atoms with van der Waals surface area (Å²) in [4.78, 5) is 24.2. The van der Waals surface area contributed by atoms with Crippen LogP contribution in [0.25, 0.3) is 0 Å². The van der Waals surface area contributed by atoms with Crippen molar-refractivity contribution >= 4 is 12.0 Å². The first-order valence-corrected chi connectivity index (χ1v) is 6.63. The van der Waals surface area contributed by atoms with Gasteiger partial charge in [0.15, 0.2) is 0 Å². The highest BCUT2D eigenvalue weighted by atomic mass is 16.4. The molecule has 1 heterocycles. The van der Waals surface area contributed by atoms with Crippen LogP contribution in [0.1, 0.15) is 32.1 Å². The molecule has 1 saturated heterocycles. The van der Waals surface area contributed by atoms with E-state index in [9.17, 15) is 19.8 Å². The molecular weight excluding hydrogens is 252 g/mol. The number of amides is 2. The molecule has 0 spiro atoms. The van der Waals surface area contributed by atoms with Crippen molar-refractivity contribution in [3.05, 3.63) is 0 Å². The molecule has 2 rings (SSSR count). The van der Waals surface area contributed by atoms with E-state index in [0.29, 0.717) is 25.7 Å². The van der Waals surface area contributed by atoms with Crippen LogP contribution >= 0.6 is 0 Å². The SMILES string of the molecule is O=C(O)[C@@H]1C[C@H](O)CN1C(=O)NC1CCC(O)CC1. The van der Waals surface area contributed by atoms with Crippen molar-refractivity contribution in [2.75, 3.05) is 6.54 Å². The Balaban J connectivity index is 1.90. The number of hydrogen-bond acceptors (Lipinski definition) is 4. The van der Waals surface area contributed by atoms with Crippen LogP contribution in [0.3, 0.4) is 0 Å². The Labute approximate surface area is 111 Å². The van der Waals surface area contributed by atoms with Crippen molar-refractivity contribution in [3.63, 3.8) is 0 Å². The highest BCUT2D eigenvalue weighted by Gasteiger charge is 2.39. The van der Waals surface area contributed by atoms with Gasteiger partial charge in [0.2, 0.25) is 0 Å². The van der Waals surface area contributed by atoms with Gasteiger partial charge in [-0.05, 0) is 25.7 Å². The number of aliphatic carboxylic acids is 1. The molecule has 1 aliphatic carbocycles. The van der Waals surface area contributed by atoms with Gasteiger partial charge in [-0.3, -0.25) is 0 Å². The second-order valence-corrected chi connectivity index (χ2v) is 5.35. The average molecular weight is 272 g/mol. The van der Waals surface area contributed by atoms with Crippen molar-refractivity contribution in [1.82, 2.24) is 10.2 Å². The summed E-state index contributed by atoms with van der Waals surface area (Å²) in [6, 6.07) is -1.42. The summed E-state index contributed by atoms with van der Waals surface area (Å²) in [6.07, 6.45) is 1.69. The lowest BCUT2D eigenvalue weighted by atomic mass is 9.93. The molecule has 0 bridgehead atoms. The molecule has 0 aromatic carbocycles. The number of carbonyl (C=O) groups is 2. The molecule has 2 fully saturated rings. The largest absolute Gasteiger partial charge is 0.480 e. The van der Waals surface area contributed by atoms with E-state index in [2.05, 4.69) is 5.32 Å². The minimum Gasteiger partial charge on any atom is -0.480 e. The molecule has 4 N–H and O–H groups in total. The number of carboxylic acid groups (broad SMARTS) is 1. The number of likely N-dealkylation sites (tertiary alicyclic amines) is 1. The van der Waals surface area contributed by atoms with E-state index in [-0.39, 0.29) is 25.1 Å². The number of β-amino-alcohol motifs (C(OH)–C–C–N with tert-alkyl or cyclic N) is 1. The highest BCUT2D eigenvalue weighted by Crippen LogP contribution is 2.21. The zero-order valence-corrected chi connectivity index (χ0v) is 10.7. The lowest BCUT2D eigenvalue weighted by Crippen LogP contribution is -2.50. The smallest absolute Gasteiger partial charge is 0.326 e. The number of carboxylic acids is 1. The van der Waals surface area contributed by atoms with Crippen molar-refractivity contribution in [2.24, 2.45) is 0 Å². The monoisotopic (exact) mass is 272 g/mol. The van der Waals surface area contributed by atoms with Crippen LogP contribution in [0.5, 0.6) is 0 Å². The Morgan fingerprint density at radius 3 is 2.26 bits per heavy atom. The molecular formula is C12H20N2O5. The maximum Gasteiger partial charge on any atom is 0.326 e. The Bertz CT molecular complexity index is 354. The number of aliphatic hydroxyl groups is 2. The van der Waals surface area contributed by atoms with E-state index in [4.69, 9.17) is 5.11 Å². The Morgan fingerprint density at radius 1 is 1.05 bits per heavy atom. The number of nitrogens with one attached hydrogen (secondary N) is 1. The summed E-state index contributed by atoms with van der Waals surface area (Å²) in [5.74, 6) is -1.09. The third kappa shape index (κ3) is 3.36. The molecule has 1 saturated carbocycles. The number of rotatable bonds is 2. The number of urea groups is 1. The minimum absolute atomic E-state index is 0.0249. The third-order valence-electron chi connectivity index (χ3n) is 3.85. The fourth-order valence-electron chi connectivity index (χ4n) is 2.75. The van der Waals surface area contributed by atoms with Crippen LogP contribution in [0.4, 0.5) is 4.79 Å². The first kappa shape index (κ1) is 14.1. The predicted octanol–water partition coefficient (Wildman–Crippen LogP) is -0.481. The molecule has 0 unspecified atom stereocenters. The summed E-state index contributed by atoms with van der Waals surface area (Å²) < 4.78 is 0. The molecule has 7 nitrogen and oxygen atoms in total. The van der Waals surface area contributed by atoms with E-state index in [1.807, 2.05) is 0 Å². The van der Waals surface area contributed by atoms with Gasteiger partial charge in [-0.25, -0.2) is 9.59 Å². The summed E-state index contributed by atoms with van der Waals surface area (Å²) in [7, 11) is 0. The molecule has 7 heteroatoms. The number of aliphatic hydroxyl groups excluding tert-OH is 2. The van der Waals surface area contributed by atoms with Gasteiger partial charge in [0.1, 0.15) is 6.04 Å². The quantitative estimate of drug-likeness (QED) is 0.542. The van der Waals surface area contributed by atoms with Crippen LogP contribution in [0, 0.1) is 0 Å². The van der Waals surface area contributed by atoms with E-state index >= 15 is 0 Å². The number of nitrogens with zero attached hydrogens (tertiary/aromatic N) is 1. The maximum atomic E-state index is 12.0. The molecule has 2 atom stereocenters. The van der Waals surface area contributed by atoms with E-state index in [0.717, 1.165) is 0 Å². The van der Waals surface area contributed by atoms with Crippen LogP contribution in [-0.4, -0.2) is 63.1 Å². The Kier molecular flexibility index (Phi) is 4.26. The number of carbonyl (C=O) groups excluding carboxylic acids is 1. The standard InChI is InChI=1S/C12H20N2O5/c15-8-3-1-7(2-4-8)13-12(19)14-6-9(16)5-10(14)11(17)18/h7-10,15-16H,1-6H2,(H,13,19)(H,17,18)/t7?,8?,9-,10-/m0/s1. The van der Waals surface area contributed by atoms with Gasteiger partial charge in [-0.2, -0.15) is 0 Å². The van der Waals surface area contributed by atoms with Gasteiger partial charge in [-0.1, -0.05) is 0 Å². The molecule has 108 valence electrons. The summed E-state index contributed by atoms with van der Waals surface area (Å²) >= 11 is 0. The summed E-state index contributed by atoms with van der Waals surface area (Å²) in [6.45, 7) is 0.0537. The van der Waals surface area contributed by atoms with Crippen LogP contribution in [-0.2, 0) is 4.79 Å². The lowest BCUT2D eigenvalue weighted by molar-refractivity contribution is -0.141. The first-order valence-electron chi connectivity index (χ1n) is 6.63. The van der Waals surface area contributed by atoms with E-state index < -0.39 is 24.1 Å². The van der Waals surface area contributed by atoms with Gasteiger partial charge in [-0.15, -0.1) is 0 Å². The first-order chi connectivity index (χ1) is 8.97. The van der Waals surface area contributed by atoms with Gasteiger partial charge >= 0.3 is 12.0 Å². The lowest BCUT2D eigenvalue weighted by Gasteiger charge is -2.29. The molecule has 0 aromatic rings. The van der Waals surface area contributed by atoms with E-state index in [1.54, 1.807) is 0 Å². The zero-order valence-electron chi connectivity index (χ0n) is 10.7. The fourth-order valence-corrected chi connectivity index (χ4v) is 2.75. The molecule has 19 heavy (non-hydrogen) atoms. The van der Waals surface area contributed by atoms with Gasteiger partial charge < -0.3 is 25.5 Å². The second kappa shape index (κ2) is 5.75. The number of hydrogen-bond donors (Lipinski definition) is 4. The molecule has 2 amide bonds. The van der Waals surface area contributed by atoms with Gasteiger partial charge in [0.05, 0.1) is 12.2 Å². The van der Waals surface area contributed by atoms with Gasteiger partial charge in [0, 0.05) is 19.0 Å². The summed E-state index contributed by atoms with van der Waals surface area (Å²) in [5, 5.41) is 30.7. The highest BCUT2D eigenvalue weighted by molar-refractivity contribution is 5.83. The van der Waals surface area contributed by atoms with E-state index in [1.165, 1.54) is 4.90 Å². The Hall–Kier alpha value is -1.34. The van der Waals surface area contributed by atoms with Crippen molar-refractivity contribution in [2.45, 2.75) is 56.4 Å². The van der Waals surface area contributed by atoms with Crippen molar-refractivity contribution in [3.8, 4) is 0 Å². The molecule has 0 aromatic heterocycles. The normalized spacial score (nSPS) is 35.2. The second-order valence-electron chi connectivity index (χ2n) is 5.35. The van der Waals surface area contributed by atoms with Crippen molar-refractivity contribution in [1.29, 1.82) is 0 Å². The zero-order chi connectivity index (χ0) is 14.0. The molecule has 2 aliphatic rings. The fraction of sp³-hybridized carbons (Fsp3) is 0.833. The average Bonchev–Trinajstić information content (AvgIpc) is 2.74. The predicted molar refractivity (Wildman–Crippen MR) is 65.5 cm³/mol. The van der Waals surface area contributed by atoms with Crippen LogP contribution in [0.2, 0.25) is 0 Å². The van der Waals surface area contributed by atoms with Crippen molar-refractivity contribution < 1.29 is 24.9 Å². The molecule has 0 radical (unpaired) electrons. The summed E-state index contributed by atoms with van der Waals surface area (Å²) in [5.41, 5.74) is 0. The van der Waals surface area contributed by atoms with Crippen LogP contribution in [0.15, 0.2) is 0 Å². The third-order valence-corrected chi connectivity index (χ3v) is 3.85.